The summed E-state index contributed by atoms with van der Waals surface area (Å²) in [5, 5.41) is 0.507. The summed E-state index contributed by atoms with van der Waals surface area (Å²) >= 11 is 10.9. The molecule has 0 saturated heterocycles. The smallest absolute Gasteiger partial charge is 0 e. The zero-order chi connectivity index (χ0) is 5.28. The van der Waals surface area contributed by atoms with Crippen molar-refractivity contribution in [3.05, 3.63) is 23.3 Å². The van der Waals surface area contributed by atoms with Crippen LogP contribution in [0.1, 0.15) is 0 Å². The molecule has 1 aliphatic rings. The second kappa shape index (κ2) is 3.71. The van der Waals surface area contributed by atoms with Crippen LogP contribution in [0.25, 0.3) is 0 Å². The van der Waals surface area contributed by atoms with Crippen LogP contribution in [0.4, 0.5) is 0 Å². The van der Waals surface area contributed by atoms with Gasteiger partial charge in [0.25, 0.3) is 0 Å². The Labute approximate surface area is 72.8 Å². The third-order valence-electron chi connectivity index (χ3n) is 0.687. The molecule has 0 fully saturated rings. The molecule has 0 bridgehead atoms. The molecule has 0 spiro atoms. The molecule has 0 nitrogen and oxygen atoms in total. The zero-order valence-corrected chi connectivity index (χ0v) is 8.34. The van der Waals surface area contributed by atoms with Gasteiger partial charge in [-0.2, -0.15) is 12.2 Å². The Morgan fingerprint density at radius 3 is 2.38 bits per heavy atom. The fourth-order valence-electron chi connectivity index (χ4n) is 0.397. The van der Waals surface area contributed by atoms with Crippen molar-refractivity contribution in [2.45, 2.75) is 5.38 Å². The first-order chi connectivity index (χ1) is 3.29. The van der Waals surface area contributed by atoms with Gasteiger partial charge in [-0.05, 0) is 5.38 Å². The largest absolute Gasteiger partial charge is 0.235 e. The van der Waals surface area contributed by atoms with Crippen LogP contribution in [0, 0.1) is 6.08 Å². The van der Waals surface area contributed by atoms with E-state index in [-0.39, 0.29) is 26.4 Å². The molecule has 0 amide bonds. The maximum Gasteiger partial charge on any atom is 0 e. The van der Waals surface area contributed by atoms with E-state index < -0.39 is 0 Å². The van der Waals surface area contributed by atoms with Crippen LogP contribution in [-0.4, -0.2) is 5.38 Å². The molecular formula is C5H3Cl2W-. The average Bonchev–Trinajstić information content (AvgIpc) is 1.87. The minimum absolute atomic E-state index is 0. The van der Waals surface area contributed by atoms with Gasteiger partial charge in [-0.15, -0.1) is 28.2 Å². The summed E-state index contributed by atoms with van der Waals surface area (Å²) < 4.78 is 0. The number of halogens is 2. The molecule has 0 N–H and O–H groups in total. The van der Waals surface area contributed by atoms with Crippen molar-refractivity contribution in [2.24, 2.45) is 0 Å². The number of allylic oxidation sites excluding steroid dienone is 4. The molecule has 3 heteroatoms. The van der Waals surface area contributed by atoms with Gasteiger partial charge in [0.1, 0.15) is 0 Å². The van der Waals surface area contributed by atoms with Gasteiger partial charge in [-0.1, -0.05) is 0 Å². The monoisotopic (exact) mass is 317 g/mol. The van der Waals surface area contributed by atoms with Gasteiger partial charge in [0.15, 0.2) is 0 Å². The van der Waals surface area contributed by atoms with E-state index in [1.807, 2.05) is 0 Å². The Morgan fingerprint density at radius 1 is 1.62 bits per heavy atom. The zero-order valence-electron chi connectivity index (χ0n) is 3.90. The summed E-state index contributed by atoms with van der Waals surface area (Å²) in [6, 6.07) is 0. The predicted octanol–water partition coefficient (Wildman–Crippen LogP) is 2.09. The van der Waals surface area contributed by atoms with Crippen molar-refractivity contribution in [1.29, 1.82) is 0 Å². The fourth-order valence-corrected chi connectivity index (χ4v) is 0.833. The molecule has 1 aliphatic carbocycles. The van der Waals surface area contributed by atoms with E-state index in [1.54, 1.807) is 12.2 Å². The summed E-state index contributed by atoms with van der Waals surface area (Å²) in [7, 11) is 0. The van der Waals surface area contributed by atoms with Gasteiger partial charge in [0.2, 0.25) is 0 Å². The first-order valence-electron chi connectivity index (χ1n) is 1.90. The summed E-state index contributed by atoms with van der Waals surface area (Å²) in [6.07, 6.45) is 6.27. The van der Waals surface area contributed by atoms with Gasteiger partial charge in [0.05, 0.1) is 0 Å². The van der Waals surface area contributed by atoms with Crippen LogP contribution >= 0.6 is 23.2 Å². The molecule has 0 saturated carbocycles. The minimum Gasteiger partial charge on any atom is -0.235 e. The Kier molecular flexibility index (Phi) is 4.06. The molecule has 0 heterocycles. The summed E-state index contributed by atoms with van der Waals surface area (Å²) in [4.78, 5) is 0. The molecule has 1 rings (SSSR count). The van der Waals surface area contributed by atoms with Crippen LogP contribution in [0.15, 0.2) is 17.2 Å². The molecule has 44 valence electrons. The molecule has 0 aliphatic heterocycles. The molecule has 0 radical (unpaired) electrons. The first-order valence-corrected chi connectivity index (χ1v) is 2.72. The van der Waals surface area contributed by atoms with Crippen molar-refractivity contribution < 1.29 is 21.1 Å². The summed E-state index contributed by atoms with van der Waals surface area (Å²) in [5.74, 6) is 0. The van der Waals surface area contributed by atoms with Crippen LogP contribution in [0.2, 0.25) is 0 Å². The molecule has 0 aromatic carbocycles. The maximum atomic E-state index is 5.50. The van der Waals surface area contributed by atoms with Crippen molar-refractivity contribution in [2.75, 3.05) is 0 Å². The molecular weight excluding hydrogens is 315 g/mol. The molecule has 1 unspecified atom stereocenters. The van der Waals surface area contributed by atoms with E-state index in [4.69, 9.17) is 23.2 Å². The Morgan fingerprint density at radius 2 is 2.25 bits per heavy atom. The number of alkyl halides is 1. The van der Waals surface area contributed by atoms with Crippen LogP contribution in [-0.2, 0) is 21.1 Å². The van der Waals surface area contributed by atoms with E-state index in [1.165, 1.54) is 0 Å². The van der Waals surface area contributed by atoms with Gasteiger partial charge in [-0.3, -0.25) is 0 Å². The van der Waals surface area contributed by atoms with Crippen molar-refractivity contribution in [3.8, 4) is 0 Å². The third-order valence-corrected chi connectivity index (χ3v) is 1.18. The van der Waals surface area contributed by atoms with Crippen molar-refractivity contribution in [3.63, 3.8) is 0 Å². The molecule has 0 aromatic heterocycles. The van der Waals surface area contributed by atoms with Crippen molar-refractivity contribution in [1.82, 2.24) is 0 Å². The molecule has 1 atom stereocenters. The Balaban J connectivity index is 0.000000490. The SMILES string of the molecule is ClC1=[C-]C(Cl)C=C1.[W]. The van der Waals surface area contributed by atoms with Crippen LogP contribution in [0.5, 0.6) is 0 Å². The van der Waals surface area contributed by atoms with Gasteiger partial charge < -0.3 is 0 Å². The van der Waals surface area contributed by atoms with E-state index >= 15 is 0 Å². The van der Waals surface area contributed by atoms with E-state index in [0.29, 0.717) is 5.03 Å². The second-order valence-electron chi connectivity index (χ2n) is 1.25. The average molecular weight is 318 g/mol. The summed E-state index contributed by atoms with van der Waals surface area (Å²) in [5.41, 5.74) is 0. The van der Waals surface area contributed by atoms with Gasteiger partial charge >= 0.3 is 0 Å². The second-order valence-corrected chi connectivity index (χ2v) is 2.13. The van der Waals surface area contributed by atoms with Crippen molar-refractivity contribution >= 4 is 23.2 Å². The van der Waals surface area contributed by atoms with Gasteiger partial charge in [0, 0.05) is 21.1 Å². The molecule has 0 aromatic rings. The quantitative estimate of drug-likeness (QED) is 0.474. The molecule has 8 heavy (non-hydrogen) atoms. The topological polar surface area (TPSA) is 0 Å². The number of rotatable bonds is 0. The fraction of sp³-hybridized carbons (Fsp3) is 0.200. The third kappa shape index (κ3) is 2.35. The van der Waals surface area contributed by atoms with E-state index in [0.717, 1.165) is 0 Å². The summed E-state index contributed by atoms with van der Waals surface area (Å²) in [6.45, 7) is 0. The first kappa shape index (κ1) is 8.75. The van der Waals surface area contributed by atoms with Crippen LogP contribution < -0.4 is 0 Å². The van der Waals surface area contributed by atoms with Crippen LogP contribution in [0.3, 0.4) is 0 Å². The minimum atomic E-state index is -0.104. The maximum absolute atomic E-state index is 5.50. The number of hydrogen-bond acceptors (Lipinski definition) is 0. The van der Waals surface area contributed by atoms with Gasteiger partial charge in [-0.25, -0.2) is 6.08 Å². The normalized spacial score (nSPS) is 24.8. The van der Waals surface area contributed by atoms with E-state index in [9.17, 15) is 0 Å². The standard InChI is InChI=1S/C5H3Cl2.W/c6-4-1-2-5(7)3-4;/h1-2,4H;/q-1;. The van der Waals surface area contributed by atoms with E-state index in [2.05, 4.69) is 6.08 Å². The number of hydrogen-bond donors (Lipinski definition) is 0. The Hall–Kier alpha value is 0.748. The Bertz CT molecular complexity index is 128. The predicted molar refractivity (Wildman–Crippen MR) is 31.4 cm³/mol.